The van der Waals surface area contributed by atoms with Crippen LogP contribution in [0.15, 0.2) is 29.4 Å². The van der Waals surface area contributed by atoms with Gasteiger partial charge >= 0.3 is 0 Å². The Morgan fingerprint density at radius 3 is 2.62 bits per heavy atom. The molecule has 0 unspecified atom stereocenters. The van der Waals surface area contributed by atoms with Crippen molar-refractivity contribution in [1.29, 1.82) is 0 Å². The summed E-state index contributed by atoms with van der Waals surface area (Å²) >= 11 is 0. The molecular weight excluding hydrogens is 166 g/mol. The van der Waals surface area contributed by atoms with E-state index in [0.717, 1.165) is 17.7 Å². The highest BCUT2D eigenvalue weighted by molar-refractivity contribution is 5.83. The second-order valence-electron chi connectivity index (χ2n) is 3.22. The van der Waals surface area contributed by atoms with Crippen LogP contribution in [0.2, 0.25) is 0 Å². The zero-order valence-electron chi connectivity index (χ0n) is 7.40. The molecule has 0 spiro atoms. The molecule has 0 saturated heterocycles. The smallest absolute Gasteiger partial charge is 0.157 e. The Hall–Kier alpha value is -1.51. The first-order chi connectivity index (χ1) is 6.25. The van der Waals surface area contributed by atoms with Crippen LogP contribution in [-0.2, 0) is 4.84 Å². The molecule has 0 amide bonds. The summed E-state index contributed by atoms with van der Waals surface area (Å²) in [5.41, 5.74) is 2.07. The van der Waals surface area contributed by atoms with Gasteiger partial charge in [-0.2, -0.15) is 0 Å². The molecule has 0 fully saturated rings. The van der Waals surface area contributed by atoms with E-state index < -0.39 is 0 Å². The van der Waals surface area contributed by atoms with Gasteiger partial charge in [0, 0.05) is 6.42 Å². The van der Waals surface area contributed by atoms with E-state index in [4.69, 9.17) is 9.94 Å². The van der Waals surface area contributed by atoms with Gasteiger partial charge in [-0.3, -0.25) is 0 Å². The van der Waals surface area contributed by atoms with Gasteiger partial charge in [0.05, 0.1) is 5.71 Å². The summed E-state index contributed by atoms with van der Waals surface area (Å²) in [5.74, 6) is 0.277. The number of rotatable bonds is 1. The molecule has 3 heteroatoms. The maximum atomic E-state index is 9.08. The molecule has 3 nitrogen and oxygen atoms in total. The normalized spacial score (nSPS) is 21.0. The highest BCUT2D eigenvalue weighted by Crippen LogP contribution is 2.27. The van der Waals surface area contributed by atoms with Gasteiger partial charge in [-0.25, -0.2) is 0 Å². The lowest BCUT2D eigenvalue weighted by Gasteiger charge is -2.07. The van der Waals surface area contributed by atoms with E-state index in [1.54, 1.807) is 12.1 Å². The van der Waals surface area contributed by atoms with Crippen LogP contribution in [0.25, 0.3) is 0 Å². The predicted molar refractivity (Wildman–Crippen MR) is 49.7 cm³/mol. The van der Waals surface area contributed by atoms with E-state index in [-0.39, 0.29) is 11.9 Å². The minimum atomic E-state index is 0.0283. The molecule has 1 aromatic carbocycles. The Kier molecular flexibility index (Phi) is 1.93. The Bertz CT molecular complexity index is 329. The molecule has 0 aromatic heterocycles. The maximum absolute atomic E-state index is 9.08. The fourth-order valence-electron chi connectivity index (χ4n) is 1.36. The molecule has 0 radical (unpaired) electrons. The van der Waals surface area contributed by atoms with E-state index in [0.29, 0.717) is 0 Å². The molecular formula is C10H11NO2. The van der Waals surface area contributed by atoms with Crippen LogP contribution >= 0.6 is 0 Å². The van der Waals surface area contributed by atoms with Gasteiger partial charge in [0.2, 0.25) is 0 Å². The van der Waals surface area contributed by atoms with Gasteiger partial charge in [0.25, 0.3) is 0 Å². The Labute approximate surface area is 76.6 Å². The Morgan fingerprint density at radius 1 is 1.38 bits per heavy atom. The summed E-state index contributed by atoms with van der Waals surface area (Å²) in [7, 11) is 0. The molecule has 0 bridgehead atoms. The van der Waals surface area contributed by atoms with Crippen LogP contribution in [0.1, 0.15) is 25.0 Å². The molecule has 2 rings (SSSR count). The first-order valence-electron chi connectivity index (χ1n) is 4.24. The predicted octanol–water partition coefficient (Wildman–Crippen LogP) is 2.23. The molecule has 0 saturated carbocycles. The molecule has 1 aliphatic rings. The summed E-state index contributed by atoms with van der Waals surface area (Å²) < 4.78 is 0. The van der Waals surface area contributed by atoms with Gasteiger partial charge in [0.1, 0.15) is 5.75 Å². The fraction of sp³-hybridized carbons (Fsp3) is 0.300. The van der Waals surface area contributed by atoms with E-state index in [1.165, 1.54) is 0 Å². The van der Waals surface area contributed by atoms with Crippen molar-refractivity contribution >= 4 is 5.71 Å². The number of phenols is 1. The van der Waals surface area contributed by atoms with Crippen molar-refractivity contribution in [3.8, 4) is 5.75 Å². The number of oxime groups is 1. The van der Waals surface area contributed by atoms with E-state index in [1.807, 2.05) is 19.1 Å². The first-order valence-corrected chi connectivity index (χ1v) is 4.24. The highest BCUT2D eigenvalue weighted by Gasteiger charge is 2.19. The van der Waals surface area contributed by atoms with Gasteiger partial charge in [-0.15, -0.1) is 0 Å². The van der Waals surface area contributed by atoms with Crippen LogP contribution in [0.5, 0.6) is 5.75 Å². The Balaban J connectivity index is 2.14. The van der Waals surface area contributed by atoms with Crippen molar-refractivity contribution in [1.82, 2.24) is 0 Å². The lowest BCUT2D eigenvalue weighted by molar-refractivity contribution is 0.0857. The number of hydrogen-bond donors (Lipinski definition) is 1. The van der Waals surface area contributed by atoms with Gasteiger partial charge < -0.3 is 9.94 Å². The minimum absolute atomic E-state index is 0.0283. The van der Waals surface area contributed by atoms with Gasteiger partial charge in [-0.1, -0.05) is 17.3 Å². The maximum Gasteiger partial charge on any atom is 0.157 e. The first kappa shape index (κ1) is 8.10. The third-order valence-electron chi connectivity index (χ3n) is 2.08. The number of phenolic OH excluding ortho intramolecular Hbond substituents is 1. The van der Waals surface area contributed by atoms with Crippen molar-refractivity contribution < 1.29 is 9.94 Å². The topological polar surface area (TPSA) is 41.8 Å². The van der Waals surface area contributed by atoms with Crippen LogP contribution < -0.4 is 0 Å². The Morgan fingerprint density at radius 2 is 2.08 bits per heavy atom. The third-order valence-corrected chi connectivity index (χ3v) is 2.08. The number of aromatic hydroxyl groups is 1. The second-order valence-corrected chi connectivity index (χ2v) is 3.22. The molecule has 68 valence electrons. The van der Waals surface area contributed by atoms with Crippen LogP contribution in [0, 0.1) is 0 Å². The minimum Gasteiger partial charge on any atom is -0.508 e. The number of hydrogen-bond acceptors (Lipinski definition) is 3. The monoisotopic (exact) mass is 177 g/mol. The fourth-order valence-corrected chi connectivity index (χ4v) is 1.36. The lowest BCUT2D eigenvalue weighted by Crippen LogP contribution is -1.96. The standard InChI is InChI=1S/C10H11NO2/c1-7-6-10(13-11-7)8-2-4-9(12)5-3-8/h2-5,10,12H,6H2,1H3/t10-/m1/s1. The van der Waals surface area contributed by atoms with Crippen LogP contribution in [0.4, 0.5) is 0 Å². The summed E-state index contributed by atoms with van der Waals surface area (Å²) in [6.07, 6.45) is 0.866. The van der Waals surface area contributed by atoms with Crippen LogP contribution in [0.3, 0.4) is 0 Å². The summed E-state index contributed by atoms with van der Waals surface area (Å²) in [4.78, 5) is 5.20. The van der Waals surface area contributed by atoms with Crippen molar-refractivity contribution in [3.05, 3.63) is 29.8 Å². The number of nitrogens with zero attached hydrogens (tertiary/aromatic N) is 1. The highest BCUT2D eigenvalue weighted by atomic mass is 16.6. The molecule has 1 aliphatic heterocycles. The lowest BCUT2D eigenvalue weighted by atomic mass is 10.1. The van der Waals surface area contributed by atoms with Crippen molar-refractivity contribution in [3.63, 3.8) is 0 Å². The third kappa shape index (κ3) is 1.64. The van der Waals surface area contributed by atoms with Crippen molar-refractivity contribution in [2.24, 2.45) is 5.16 Å². The summed E-state index contributed by atoms with van der Waals surface area (Å²) in [6, 6.07) is 7.03. The summed E-state index contributed by atoms with van der Waals surface area (Å²) in [5, 5.41) is 13.0. The number of benzene rings is 1. The SMILES string of the molecule is CC1=NO[C@@H](c2ccc(O)cc2)C1. The molecule has 1 N–H and O–H groups in total. The average molecular weight is 177 g/mol. The molecule has 1 atom stereocenters. The zero-order valence-corrected chi connectivity index (χ0v) is 7.40. The average Bonchev–Trinajstić information content (AvgIpc) is 2.53. The van der Waals surface area contributed by atoms with Crippen molar-refractivity contribution in [2.75, 3.05) is 0 Å². The quantitative estimate of drug-likeness (QED) is 0.714. The van der Waals surface area contributed by atoms with Gasteiger partial charge in [0.15, 0.2) is 6.10 Å². The summed E-state index contributed by atoms with van der Waals surface area (Å²) in [6.45, 7) is 1.94. The van der Waals surface area contributed by atoms with Crippen LogP contribution in [-0.4, -0.2) is 10.8 Å². The molecule has 0 aliphatic carbocycles. The second kappa shape index (κ2) is 3.09. The van der Waals surface area contributed by atoms with Crippen molar-refractivity contribution in [2.45, 2.75) is 19.4 Å². The molecule has 13 heavy (non-hydrogen) atoms. The largest absolute Gasteiger partial charge is 0.508 e. The zero-order chi connectivity index (χ0) is 9.26. The molecule has 1 heterocycles. The van der Waals surface area contributed by atoms with E-state index >= 15 is 0 Å². The van der Waals surface area contributed by atoms with Gasteiger partial charge in [-0.05, 0) is 24.6 Å². The molecule has 1 aromatic rings. The van der Waals surface area contributed by atoms with E-state index in [9.17, 15) is 0 Å². The van der Waals surface area contributed by atoms with E-state index in [2.05, 4.69) is 5.16 Å².